The standard InChI is InChI=1S/C20H26N4O3S/c1-23-9-11-24(12-10-23)28(25,26)17-6-7-20(22-15-17)21-14-16-8-13-27-19-5-3-2-4-18(16)19/h2-7,15-16H,8-14H2,1H3,(H,21,22). The second-order valence-electron chi connectivity index (χ2n) is 7.34. The lowest BCUT2D eigenvalue weighted by Gasteiger charge is -2.31. The molecule has 7 nitrogen and oxygen atoms in total. The van der Waals surface area contributed by atoms with Crippen LogP contribution < -0.4 is 10.1 Å². The predicted octanol–water partition coefficient (Wildman–Crippen LogP) is 2.00. The summed E-state index contributed by atoms with van der Waals surface area (Å²) in [5.74, 6) is 1.98. The topological polar surface area (TPSA) is 74.8 Å². The van der Waals surface area contributed by atoms with Crippen LogP contribution in [-0.4, -0.2) is 69.0 Å². The van der Waals surface area contributed by atoms with Crippen LogP contribution in [0.1, 0.15) is 17.9 Å². The Hall–Kier alpha value is -2.16. The number of nitrogens with one attached hydrogen (secondary N) is 1. The van der Waals surface area contributed by atoms with Crippen molar-refractivity contribution in [2.75, 3.05) is 51.7 Å². The molecule has 1 aromatic carbocycles. The predicted molar refractivity (Wildman–Crippen MR) is 108 cm³/mol. The Kier molecular flexibility index (Phi) is 5.52. The summed E-state index contributed by atoms with van der Waals surface area (Å²) >= 11 is 0. The quantitative estimate of drug-likeness (QED) is 0.825. The Bertz CT molecular complexity index is 909. The molecule has 0 spiro atoms. The summed E-state index contributed by atoms with van der Waals surface area (Å²) in [6.07, 6.45) is 2.40. The van der Waals surface area contributed by atoms with E-state index in [4.69, 9.17) is 4.74 Å². The maximum Gasteiger partial charge on any atom is 0.244 e. The van der Waals surface area contributed by atoms with Crippen molar-refractivity contribution in [3.05, 3.63) is 48.2 Å². The molecule has 2 aliphatic rings. The number of sulfonamides is 1. The van der Waals surface area contributed by atoms with Crippen LogP contribution in [-0.2, 0) is 10.0 Å². The van der Waals surface area contributed by atoms with Crippen molar-refractivity contribution in [2.24, 2.45) is 0 Å². The second-order valence-corrected chi connectivity index (χ2v) is 9.28. The van der Waals surface area contributed by atoms with Crippen molar-refractivity contribution >= 4 is 15.8 Å². The van der Waals surface area contributed by atoms with Gasteiger partial charge in [-0.3, -0.25) is 0 Å². The molecule has 2 aliphatic heterocycles. The fraction of sp³-hybridized carbons (Fsp3) is 0.450. The van der Waals surface area contributed by atoms with Gasteiger partial charge in [-0.1, -0.05) is 18.2 Å². The van der Waals surface area contributed by atoms with E-state index in [1.54, 1.807) is 12.1 Å². The zero-order valence-corrected chi connectivity index (χ0v) is 16.9. The zero-order valence-electron chi connectivity index (χ0n) is 16.0. The number of piperazine rings is 1. The number of pyridine rings is 1. The number of fused-ring (bicyclic) bond motifs is 1. The molecule has 1 N–H and O–H groups in total. The highest BCUT2D eigenvalue weighted by Gasteiger charge is 2.27. The molecule has 0 radical (unpaired) electrons. The van der Waals surface area contributed by atoms with Crippen LogP contribution in [0.3, 0.4) is 0 Å². The molecule has 1 aromatic heterocycles. The third-order valence-electron chi connectivity index (χ3n) is 5.45. The largest absolute Gasteiger partial charge is 0.493 e. The van der Waals surface area contributed by atoms with Crippen LogP contribution in [0.25, 0.3) is 0 Å². The number of likely N-dealkylation sites (N-methyl/N-ethyl adjacent to an activating group) is 1. The van der Waals surface area contributed by atoms with Gasteiger partial charge in [0.25, 0.3) is 0 Å². The van der Waals surface area contributed by atoms with Gasteiger partial charge < -0.3 is 15.0 Å². The van der Waals surface area contributed by atoms with E-state index in [1.165, 1.54) is 16.1 Å². The van der Waals surface area contributed by atoms with Crippen LogP contribution in [0.4, 0.5) is 5.82 Å². The number of ether oxygens (including phenoxy) is 1. The summed E-state index contributed by atoms with van der Waals surface area (Å²) in [5, 5.41) is 3.34. The molecule has 1 saturated heterocycles. The summed E-state index contributed by atoms with van der Waals surface area (Å²) < 4.78 is 32.8. The zero-order chi connectivity index (χ0) is 19.6. The van der Waals surface area contributed by atoms with Crippen molar-refractivity contribution in [3.63, 3.8) is 0 Å². The molecule has 1 atom stereocenters. The summed E-state index contributed by atoms with van der Waals surface area (Å²) in [7, 11) is -1.47. The molecule has 0 saturated carbocycles. The Morgan fingerprint density at radius 2 is 1.93 bits per heavy atom. The van der Waals surface area contributed by atoms with Crippen molar-refractivity contribution < 1.29 is 13.2 Å². The summed E-state index contributed by atoms with van der Waals surface area (Å²) in [6.45, 7) is 3.97. The van der Waals surface area contributed by atoms with E-state index in [9.17, 15) is 8.42 Å². The van der Waals surface area contributed by atoms with E-state index in [0.717, 1.165) is 31.8 Å². The summed E-state index contributed by atoms with van der Waals surface area (Å²) in [4.78, 5) is 6.72. The first-order chi connectivity index (χ1) is 13.5. The second kappa shape index (κ2) is 8.06. The number of anilines is 1. The summed E-state index contributed by atoms with van der Waals surface area (Å²) in [6, 6.07) is 11.5. The molecule has 3 heterocycles. The van der Waals surface area contributed by atoms with Crippen LogP contribution in [0, 0.1) is 0 Å². The molecule has 0 aliphatic carbocycles. The normalized spacial score (nSPS) is 21.0. The Labute approximate surface area is 166 Å². The van der Waals surface area contributed by atoms with Gasteiger partial charge in [-0.25, -0.2) is 13.4 Å². The van der Waals surface area contributed by atoms with E-state index < -0.39 is 10.0 Å². The first-order valence-corrected chi connectivity index (χ1v) is 11.1. The third kappa shape index (κ3) is 3.99. The van der Waals surface area contributed by atoms with Crippen LogP contribution >= 0.6 is 0 Å². The highest BCUT2D eigenvalue weighted by atomic mass is 32.2. The lowest BCUT2D eigenvalue weighted by atomic mass is 9.93. The van der Waals surface area contributed by atoms with Gasteiger partial charge in [0.15, 0.2) is 0 Å². The van der Waals surface area contributed by atoms with Gasteiger partial charge in [0, 0.05) is 44.8 Å². The van der Waals surface area contributed by atoms with Gasteiger partial charge in [0.2, 0.25) is 10.0 Å². The molecule has 4 rings (SSSR count). The summed E-state index contributed by atoms with van der Waals surface area (Å²) in [5.41, 5.74) is 1.20. The van der Waals surface area contributed by atoms with E-state index in [1.807, 2.05) is 25.2 Å². The van der Waals surface area contributed by atoms with Crippen molar-refractivity contribution in [2.45, 2.75) is 17.2 Å². The molecule has 150 valence electrons. The molecule has 1 fully saturated rings. The van der Waals surface area contributed by atoms with Gasteiger partial charge in [0.1, 0.15) is 16.5 Å². The van der Waals surface area contributed by atoms with Crippen LogP contribution in [0.5, 0.6) is 5.75 Å². The molecule has 8 heteroatoms. The number of rotatable bonds is 5. The maximum atomic E-state index is 12.8. The van der Waals surface area contributed by atoms with E-state index >= 15 is 0 Å². The van der Waals surface area contributed by atoms with Gasteiger partial charge in [0.05, 0.1) is 6.61 Å². The molecule has 0 amide bonds. The number of nitrogens with zero attached hydrogens (tertiary/aromatic N) is 3. The lowest BCUT2D eigenvalue weighted by Crippen LogP contribution is -2.47. The Balaban J connectivity index is 1.40. The minimum Gasteiger partial charge on any atom is -0.493 e. The SMILES string of the molecule is CN1CCN(S(=O)(=O)c2ccc(NCC3CCOc4ccccc43)nc2)CC1. The van der Waals surface area contributed by atoms with E-state index in [2.05, 4.69) is 21.3 Å². The number of hydrogen-bond donors (Lipinski definition) is 1. The first-order valence-electron chi connectivity index (χ1n) is 9.64. The Morgan fingerprint density at radius 1 is 1.14 bits per heavy atom. The molecule has 28 heavy (non-hydrogen) atoms. The van der Waals surface area contributed by atoms with Gasteiger partial charge in [-0.05, 0) is 37.2 Å². The van der Waals surface area contributed by atoms with Crippen LogP contribution in [0.15, 0.2) is 47.5 Å². The Morgan fingerprint density at radius 3 is 2.68 bits per heavy atom. The van der Waals surface area contributed by atoms with Gasteiger partial charge in [-0.15, -0.1) is 0 Å². The fourth-order valence-corrected chi connectivity index (χ4v) is 5.04. The average Bonchev–Trinajstić information content (AvgIpc) is 2.73. The van der Waals surface area contributed by atoms with Crippen molar-refractivity contribution in [3.8, 4) is 5.75 Å². The van der Waals surface area contributed by atoms with E-state index in [-0.39, 0.29) is 4.90 Å². The monoisotopic (exact) mass is 402 g/mol. The van der Waals surface area contributed by atoms with E-state index in [0.29, 0.717) is 31.4 Å². The number of benzene rings is 1. The molecule has 1 unspecified atom stereocenters. The van der Waals surface area contributed by atoms with Crippen molar-refractivity contribution in [1.29, 1.82) is 0 Å². The lowest BCUT2D eigenvalue weighted by molar-refractivity contribution is 0.222. The minimum atomic E-state index is -3.48. The molecule has 0 bridgehead atoms. The highest BCUT2D eigenvalue weighted by molar-refractivity contribution is 7.89. The van der Waals surface area contributed by atoms with Gasteiger partial charge in [-0.2, -0.15) is 4.31 Å². The van der Waals surface area contributed by atoms with Gasteiger partial charge >= 0.3 is 0 Å². The smallest absolute Gasteiger partial charge is 0.244 e. The molecular formula is C20H26N4O3S. The molecule has 2 aromatic rings. The van der Waals surface area contributed by atoms with Crippen LogP contribution in [0.2, 0.25) is 0 Å². The highest BCUT2D eigenvalue weighted by Crippen LogP contribution is 2.33. The number of hydrogen-bond acceptors (Lipinski definition) is 6. The average molecular weight is 403 g/mol. The van der Waals surface area contributed by atoms with Crippen molar-refractivity contribution in [1.82, 2.24) is 14.2 Å². The number of aromatic nitrogens is 1. The maximum absolute atomic E-state index is 12.8. The fourth-order valence-electron chi connectivity index (χ4n) is 3.67. The molecular weight excluding hydrogens is 376 g/mol. The third-order valence-corrected chi connectivity index (χ3v) is 7.33. The number of para-hydroxylation sites is 1. The minimum absolute atomic E-state index is 0.249. The first kappa shape index (κ1) is 19.2.